The Kier molecular flexibility index (Phi) is 2.27. The molecule has 0 aliphatic carbocycles. The van der Waals surface area contributed by atoms with E-state index in [9.17, 15) is 5.21 Å². The molecule has 0 aromatic carbocycles. The highest BCUT2D eigenvalue weighted by Crippen LogP contribution is 2.43. The van der Waals surface area contributed by atoms with Crippen molar-refractivity contribution in [1.82, 2.24) is 9.80 Å². The highest BCUT2D eigenvalue weighted by molar-refractivity contribution is 5.94. The highest BCUT2D eigenvalue weighted by Gasteiger charge is 2.53. The van der Waals surface area contributed by atoms with Gasteiger partial charge in [-0.25, -0.2) is 0 Å². The minimum atomic E-state index is 0.104. The van der Waals surface area contributed by atoms with Crippen LogP contribution >= 0.6 is 0 Å². The van der Waals surface area contributed by atoms with Gasteiger partial charge in [0.1, 0.15) is 0 Å². The molecule has 0 radical (unpaired) electrons. The van der Waals surface area contributed by atoms with Gasteiger partial charge in [-0.1, -0.05) is 19.0 Å². The van der Waals surface area contributed by atoms with Gasteiger partial charge >= 0.3 is 0 Å². The summed E-state index contributed by atoms with van der Waals surface area (Å²) in [6, 6.07) is 0. The highest BCUT2D eigenvalue weighted by atomic mass is 16.4. The van der Waals surface area contributed by atoms with E-state index in [2.05, 4.69) is 28.8 Å². The third kappa shape index (κ3) is 1.26. The van der Waals surface area contributed by atoms with Crippen LogP contribution in [0.15, 0.2) is 5.16 Å². The smallest absolute Gasteiger partial charge is 0.0716 e. The van der Waals surface area contributed by atoms with E-state index < -0.39 is 0 Å². The van der Waals surface area contributed by atoms with Gasteiger partial charge in [-0.3, -0.25) is 0 Å². The molecule has 0 amide bonds. The molecule has 4 heterocycles. The summed E-state index contributed by atoms with van der Waals surface area (Å²) in [5.41, 5.74) is 1.18. The lowest BCUT2D eigenvalue weighted by Crippen LogP contribution is -2.63. The summed E-state index contributed by atoms with van der Waals surface area (Å²) in [6.45, 7) is 11.2. The molecule has 0 aromatic rings. The summed E-state index contributed by atoms with van der Waals surface area (Å²) < 4.78 is 0. The largest absolute Gasteiger partial charge is 0.411 e. The first-order valence-electron chi connectivity index (χ1n) is 6.33. The van der Waals surface area contributed by atoms with Crippen molar-refractivity contribution in [2.75, 3.05) is 39.3 Å². The maximum atomic E-state index is 9.35. The van der Waals surface area contributed by atoms with Crippen LogP contribution in [0.5, 0.6) is 0 Å². The summed E-state index contributed by atoms with van der Waals surface area (Å²) >= 11 is 0. The van der Waals surface area contributed by atoms with E-state index >= 15 is 0 Å². The third-order valence-corrected chi connectivity index (χ3v) is 4.81. The van der Waals surface area contributed by atoms with E-state index in [0.29, 0.717) is 11.8 Å². The van der Waals surface area contributed by atoms with Crippen LogP contribution in [0.1, 0.15) is 13.8 Å². The van der Waals surface area contributed by atoms with Gasteiger partial charge in [0.2, 0.25) is 0 Å². The molecule has 4 heteroatoms. The summed E-state index contributed by atoms with van der Waals surface area (Å²) in [6.07, 6.45) is 0. The van der Waals surface area contributed by atoms with Gasteiger partial charge in [0.25, 0.3) is 0 Å². The first kappa shape index (κ1) is 10.5. The summed E-state index contributed by atoms with van der Waals surface area (Å²) in [7, 11) is 0. The van der Waals surface area contributed by atoms with E-state index in [4.69, 9.17) is 0 Å². The van der Waals surface area contributed by atoms with Crippen molar-refractivity contribution in [3.05, 3.63) is 0 Å². The fourth-order valence-electron chi connectivity index (χ4n) is 3.87. The molecular formula is C12H21N3O. The average molecular weight is 223 g/mol. The number of rotatable bonds is 1. The van der Waals surface area contributed by atoms with Gasteiger partial charge in [0.05, 0.1) is 5.71 Å². The van der Waals surface area contributed by atoms with E-state index in [1.165, 1.54) is 13.1 Å². The maximum Gasteiger partial charge on any atom is 0.0716 e. The van der Waals surface area contributed by atoms with Gasteiger partial charge in [0.15, 0.2) is 0 Å². The molecule has 4 rings (SSSR count). The zero-order valence-corrected chi connectivity index (χ0v) is 10.2. The van der Waals surface area contributed by atoms with Crippen LogP contribution in [-0.4, -0.2) is 60.0 Å². The molecule has 4 aliphatic heterocycles. The lowest BCUT2D eigenvalue weighted by molar-refractivity contribution is 0.0773. The predicted molar refractivity (Wildman–Crippen MR) is 62.9 cm³/mol. The Hall–Kier alpha value is -0.610. The molecule has 90 valence electrons. The molecule has 1 N–H and O–H groups in total. The van der Waals surface area contributed by atoms with Gasteiger partial charge in [-0.2, -0.15) is 0 Å². The van der Waals surface area contributed by atoms with Crippen LogP contribution in [0.4, 0.5) is 0 Å². The van der Waals surface area contributed by atoms with Crippen molar-refractivity contribution < 1.29 is 5.21 Å². The van der Waals surface area contributed by atoms with Gasteiger partial charge < -0.3 is 15.0 Å². The Labute approximate surface area is 96.9 Å². The first-order chi connectivity index (χ1) is 7.65. The van der Waals surface area contributed by atoms with Crippen LogP contribution in [0.25, 0.3) is 0 Å². The molecule has 0 spiro atoms. The zero-order chi connectivity index (χ0) is 11.3. The predicted octanol–water partition coefficient (Wildman–Crippen LogP) is 0.720. The molecule has 4 nitrogen and oxygen atoms in total. The number of nitrogens with zero attached hydrogens (tertiary/aromatic N) is 3. The van der Waals surface area contributed by atoms with Crippen LogP contribution in [0.2, 0.25) is 0 Å². The molecule has 4 saturated heterocycles. The van der Waals surface area contributed by atoms with Crippen LogP contribution in [-0.2, 0) is 0 Å². The van der Waals surface area contributed by atoms with E-state index in [1.807, 2.05) is 0 Å². The lowest BCUT2D eigenvalue weighted by Gasteiger charge is -2.52. The van der Waals surface area contributed by atoms with Crippen LogP contribution in [0.3, 0.4) is 0 Å². The second-order valence-corrected chi connectivity index (χ2v) is 5.96. The number of hydrogen-bond donors (Lipinski definition) is 1. The number of fused-ring (bicyclic) bond motifs is 1. The van der Waals surface area contributed by atoms with Crippen LogP contribution in [0, 0.1) is 17.3 Å². The number of oxime groups is 1. The van der Waals surface area contributed by atoms with Crippen molar-refractivity contribution >= 4 is 5.71 Å². The second kappa shape index (κ2) is 3.44. The molecule has 2 atom stereocenters. The molecule has 2 unspecified atom stereocenters. The Morgan fingerprint density at radius 1 is 1.25 bits per heavy atom. The third-order valence-electron chi connectivity index (χ3n) is 4.81. The fraction of sp³-hybridized carbons (Fsp3) is 0.917. The Bertz CT molecular complexity index is 310. The average Bonchev–Trinajstić information content (AvgIpc) is 2.47. The quantitative estimate of drug-likeness (QED) is 0.526. The fourth-order valence-corrected chi connectivity index (χ4v) is 3.87. The Morgan fingerprint density at radius 2 is 1.81 bits per heavy atom. The lowest BCUT2D eigenvalue weighted by atomic mass is 9.64. The molecule has 4 aliphatic rings. The summed E-state index contributed by atoms with van der Waals surface area (Å²) in [5.74, 6) is 1.00. The van der Waals surface area contributed by atoms with E-state index in [0.717, 1.165) is 31.9 Å². The van der Waals surface area contributed by atoms with E-state index in [-0.39, 0.29) is 5.41 Å². The monoisotopic (exact) mass is 223 g/mol. The first-order valence-corrected chi connectivity index (χ1v) is 6.33. The standard InChI is InChI=1S/C12H21N3O/c1-9(2)12-7-14-3-4-15(8-12)6-10(5-14)11(12)13-16/h9-10,16H,3-8H2,1-2H3/b13-11-. The second-order valence-electron chi connectivity index (χ2n) is 5.96. The van der Waals surface area contributed by atoms with Gasteiger partial charge in [0, 0.05) is 50.6 Å². The molecular weight excluding hydrogens is 202 g/mol. The molecule has 4 fully saturated rings. The molecule has 0 aromatic heterocycles. The van der Waals surface area contributed by atoms with Gasteiger partial charge in [-0.05, 0) is 5.92 Å². The van der Waals surface area contributed by atoms with Crippen molar-refractivity contribution in [2.24, 2.45) is 22.4 Å². The zero-order valence-electron chi connectivity index (χ0n) is 10.2. The van der Waals surface area contributed by atoms with Gasteiger partial charge in [-0.15, -0.1) is 0 Å². The minimum absolute atomic E-state index is 0.104. The molecule has 16 heavy (non-hydrogen) atoms. The number of hydrogen-bond acceptors (Lipinski definition) is 4. The van der Waals surface area contributed by atoms with Crippen molar-refractivity contribution in [3.63, 3.8) is 0 Å². The van der Waals surface area contributed by atoms with Crippen LogP contribution < -0.4 is 0 Å². The maximum absolute atomic E-state index is 9.35. The molecule has 0 saturated carbocycles. The minimum Gasteiger partial charge on any atom is -0.411 e. The topological polar surface area (TPSA) is 39.1 Å². The normalized spacial score (nSPS) is 48.9. The van der Waals surface area contributed by atoms with Crippen molar-refractivity contribution in [1.29, 1.82) is 0 Å². The summed E-state index contributed by atoms with van der Waals surface area (Å²) in [4.78, 5) is 5.12. The Balaban J connectivity index is 2.06. The SMILES string of the molecule is CC(C)C12CN3CCN(CC(C3)/C1=N/O)C2. The van der Waals surface area contributed by atoms with E-state index in [1.54, 1.807) is 0 Å². The Morgan fingerprint density at radius 3 is 2.25 bits per heavy atom. The summed E-state index contributed by atoms with van der Waals surface area (Å²) in [5, 5.41) is 13.0. The van der Waals surface area contributed by atoms with Crippen molar-refractivity contribution in [2.45, 2.75) is 13.8 Å². The number of piperidine rings is 2. The molecule has 4 bridgehead atoms. The van der Waals surface area contributed by atoms with Crippen molar-refractivity contribution in [3.8, 4) is 0 Å².